The van der Waals surface area contributed by atoms with Crippen molar-refractivity contribution in [1.29, 1.82) is 0 Å². The van der Waals surface area contributed by atoms with Gasteiger partial charge in [-0.05, 0) is 33.6 Å². The maximum absolute atomic E-state index is 12.4. The third-order valence-electron chi connectivity index (χ3n) is 2.88. The fourth-order valence-corrected chi connectivity index (χ4v) is 2.16. The van der Waals surface area contributed by atoms with Crippen LogP contribution in [-0.2, 0) is 6.54 Å². The van der Waals surface area contributed by atoms with E-state index in [9.17, 15) is 8.78 Å². The van der Waals surface area contributed by atoms with E-state index in [0.717, 1.165) is 21.5 Å². The van der Waals surface area contributed by atoms with Crippen molar-refractivity contribution in [2.24, 2.45) is 0 Å². The maximum atomic E-state index is 12.4. The lowest BCUT2D eigenvalue weighted by molar-refractivity contribution is 0.151. The van der Waals surface area contributed by atoms with Crippen LogP contribution in [0.25, 0.3) is 0 Å². The first-order valence-corrected chi connectivity index (χ1v) is 6.84. The summed E-state index contributed by atoms with van der Waals surface area (Å²) in [5.74, 6) is 0.739. The lowest BCUT2D eigenvalue weighted by atomic mass is 10.1. The van der Waals surface area contributed by atoms with Gasteiger partial charge in [0.25, 0.3) is 6.43 Å². The number of anilines is 1. The first-order valence-electron chi connectivity index (χ1n) is 6.04. The fourth-order valence-electron chi connectivity index (χ4n) is 1.75. The lowest BCUT2D eigenvalue weighted by Crippen LogP contribution is -2.00. The van der Waals surface area contributed by atoms with Crippen molar-refractivity contribution in [3.8, 4) is 5.75 Å². The van der Waals surface area contributed by atoms with Crippen molar-refractivity contribution in [2.45, 2.75) is 13.0 Å². The Morgan fingerprint density at radius 3 is 2.45 bits per heavy atom. The molecule has 0 amide bonds. The van der Waals surface area contributed by atoms with Crippen LogP contribution in [0.1, 0.15) is 17.6 Å². The largest absolute Gasteiger partial charge is 0.495 e. The van der Waals surface area contributed by atoms with E-state index in [-0.39, 0.29) is 5.56 Å². The molecule has 0 bridgehead atoms. The average Bonchev–Trinajstić information content (AvgIpc) is 2.46. The van der Waals surface area contributed by atoms with Crippen LogP contribution in [0.5, 0.6) is 5.75 Å². The Kier molecular flexibility index (Phi) is 4.95. The topological polar surface area (TPSA) is 21.3 Å². The van der Waals surface area contributed by atoms with E-state index < -0.39 is 6.43 Å². The zero-order valence-corrected chi connectivity index (χ0v) is 12.5. The normalized spacial score (nSPS) is 10.7. The highest BCUT2D eigenvalue weighted by molar-refractivity contribution is 9.10. The van der Waals surface area contributed by atoms with E-state index in [1.165, 1.54) is 12.1 Å². The number of hydrogen-bond acceptors (Lipinski definition) is 2. The van der Waals surface area contributed by atoms with Crippen molar-refractivity contribution in [3.63, 3.8) is 0 Å². The van der Waals surface area contributed by atoms with Gasteiger partial charge in [0.1, 0.15) is 5.75 Å². The van der Waals surface area contributed by atoms with Crippen LogP contribution < -0.4 is 10.1 Å². The van der Waals surface area contributed by atoms with Gasteiger partial charge in [0, 0.05) is 23.9 Å². The summed E-state index contributed by atoms with van der Waals surface area (Å²) < 4.78 is 31.0. The van der Waals surface area contributed by atoms with E-state index >= 15 is 0 Å². The molecule has 0 fully saturated rings. The van der Waals surface area contributed by atoms with E-state index in [0.29, 0.717) is 6.54 Å². The molecule has 0 aliphatic rings. The van der Waals surface area contributed by atoms with Gasteiger partial charge in [-0.25, -0.2) is 8.78 Å². The number of rotatable bonds is 5. The first-order chi connectivity index (χ1) is 9.60. The molecule has 0 saturated heterocycles. The predicted molar refractivity (Wildman–Crippen MR) is 79.4 cm³/mol. The molecular weight excluding hydrogens is 328 g/mol. The van der Waals surface area contributed by atoms with Gasteiger partial charge in [-0.1, -0.05) is 24.3 Å². The van der Waals surface area contributed by atoms with Gasteiger partial charge in [-0.2, -0.15) is 0 Å². The molecule has 2 rings (SSSR count). The first kappa shape index (κ1) is 14.8. The van der Waals surface area contributed by atoms with Crippen LogP contribution in [0.2, 0.25) is 0 Å². The van der Waals surface area contributed by atoms with Gasteiger partial charge in [0.05, 0.1) is 11.6 Å². The molecule has 0 aromatic heterocycles. The Hall–Kier alpha value is -1.62. The van der Waals surface area contributed by atoms with Gasteiger partial charge in [-0.15, -0.1) is 0 Å². The van der Waals surface area contributed by atoms with E-state index in [2.05, 4.69) is 21.2 Å². The second-order valence-electron chi connectivity index (χ2n) is 4.25. The minimum atomic E-state index is -2.42. The van der Waals surface area contributed by atoms with E-state index in [1.54, 1.807) is 19.2 Å². The minimum Gasteiger partial charge on any atom is -0.495 e. The van der Waals surface area contributed by atoms with Crippen molar-refractivity contribution >= 4 is 21.6 Å². The second kappa shape index (κ2) is 6.70. The summed E-state index contributed by atoms with van der Waals surface area (Å²) in [5, 5.41) is 3.22. The molecule has 1 N–H and O–H groups in total. The lowest BCUT2D eigenvalue weighted by Gasteiger charge is -2.10. The molecule has 0 spiro atoms. The third kappa shape index (κ3) is 3.70. The van der Waals surface area contributed by atoms with Crippen molar-refractivity contribution in [2.75, 3.05) is 12.4 Å². The number of nitrogens with one attached hydrogen (secondary N) is 1. The smallest absolute Gasteiger partial charge is 0.263 e. The SMILES string of the molecule is COc1cc(NCc2ccc(C(F)F)cc2)ccc1Br. The average molecular weight is 342 g/mol. The molecular formula is C15H14BrF2NO. The standard InChI is InChI=1S/C15H14BrF2NO/c1-20-14-8-12(6-7-13(14)16)19-9-10-2-4-11(5-3-10)15(17)18/h2-8,15,19H,9H2,1H3. The number of alkyl halides is 2. The minimum absolute atomic E-state index is 0.0408. The monoisotopic (exact) mass is 341 g/mol. The van der Waals surface area contributed by atoms with Crippen LogP contribution >= 0.6 is 15.9 Å². The molecule has 0 unspecified atom stereocenters. The fraction of sp³-hybridized carbons (Fsp3) is 0.200. The molecule has 20 heavy (non-hydrogen) atoms. The summed E-state index contributed by atoms with van der Waals surface area (Å²) in [6.07, 6.45) is -2.42. The molecule has 2 nitrogen and oxygen atoms in total. The third-order valence-corrected chi connectivity index (χ3v) is 3.53. The highest BCUT2D eigenvalue weighted by Crippen LogP contribution is 2.28. The number of halogens is 3. The predicted octanol–water partition coefficient (Wildman–Crippen LogP) is 5.01. The van der Waals surface area contributed by atoms with Crippen molar-refractivity contribution in [1.82, 2.24) is 0 Å². The molecule has 106 valence electrons. The number of ether oxygens (including phenoxy) is 1. The molecule has 2 aromatic carbocycles. The molecule has 0 saturated carbocycles. The van der Waals surface area contributed by atoms with Gasteiger partial charge < -0.3 is 10.1 Å². The molecule has 0 heterocycles. The van der Waals surface area contributed by atoms with Crippen LogP contribution in [-0.4, -0.2) is 7.11 Å². The Balaban J connectivity index is 2.01. The molecule has 0 aliphatic carbocycles. The molecule has 0 atom stereocenters. The van der Waals surface area contributed by atoms with Crippen LogP contribution in [0, 0.1) is 0 Å². The quantitative estimate of drug-likeness (QED) is 0.825. The Labute approximate surface area is 124 Å². The summed E-state index contributed by atoms with van der Waals surface area (Å²) in [5.41, 5.74) is 1.89. The van der Waals surface area contributed by atoms with Gasteiger partial charge in [0.2, 0.25) is 0 Å². The maximum Gasteiger partial charge on any atom is 0.263 e. The summed E-state index contributed by atoms with van der Waals surface area (Å²) >= 11 is 3.38. The zero-order valence-electron chi connectivity index (χ0n) is 10.9. The molecule has 0 radical (unpaired) electrons. The Bertz CT molecular complexity index is 573. The number of methoxy groups -OCH3 is 1. The Morgan fingerprint density at radius 1 is 1.15 bits per heavy atom. The number of hydrogen-bond donors (Lipinski definition) is 1. The van der Waals surface area contributed by atoms with Crippen LogP contribution in [0.15, 0.2) is 46.9 Å². The van der Waals surface area contributed by atoms with Gasteiger partial charge in [0.15, 0.2) is 0 Å². The zero-order chi connectivity index (χ0) is 14.5. The summed E-state index contributed by atoms with van der Waals surface area (Å²) in [6, 6.07) is 12.0. The summed E-state index contributed by atoms with van der Waals surface area (Å²) in [7, 11) is 1.60. The Morgan fingerprint density at radius 2 is 1.85 bits per heavy atom. The molecule has 2 aromatic rings. The number of benzene rings is 2. The summed E-state index contributed by atoms with van der Waals surface area (Å²) in [6.45, 7) is 0.564. The van der Waals surface area contributed by atoms with Crippen LogP contribution in [0.3, 0.4) is 0 Å². The van der Waals surface area contributed by atoms with E-state index in [1.807, 2.05) is 18.2 Å². The second-order valence-corrected chi connectivity index (χ2v) is 5.10. The molecule has 5 heteroatoms. The highest BCUT2D eigenvalue weighted by Gasteiger charge is 2.06. The summed E-state index contributed by atoms with van der Waals surface area (Å²) in [4.78, 5) is 0. The van der Waals surface area contributed by atoms with Gasteiger partial charge in [-0.3, -0.25) is 0 Å². The van der Waals surface area contributed by atoms with Crippen molar-refractivity contribution < 1.29 is 13.5 Å². The highest BCUT2D eigenvalue weighted by atomic mass is 79.9. The van der Waals surface area contributed by atoms with Crippen molar-refractivity contribution in [3.05, 3.63) is 58.1 Å². The molecule has 0 aliphatic heterocycles. The van der Waals surface area contributed by atoms with Gasteiger partial charge >= 0.3 is 0 Å². The van der Waals surface area contributed by atoms with E-state index in [4.69, 9.17) is 4.74 Å². The van der Waals surface area contributed by atoms with Crippen LogP contribution in [0.4, 0.5) is 14.5 Å².